The van der Waals surface area contributed by atoms with Crippen LogP contribution in [0.1, 0.15) is 92.9 Å². The van der Waals surface area contributed by atoms with Gasteiger partial charge in [0.15, 0.2) is 0 Å². The molecular formula is C20H36F2. The Labute approximate surface area is 136 Å². The third-order valence-corrected chi connectivity index (χ3v) is 6.10. The molecule has 0 bridgehead atoms. The van der Waals surface area contributed by atoms with E-state index in [1.165, 1.54) is 25.7 Å². The molecule has 0 atom stereocenters. The molecule has 2 heteroatoms. The van der Waals surface area contributed by atoms with Crippen molar-refractivity contribution in [3.63, 3.8) is 0 Å². The van der Waals surface area contributed by atoms with E-state index in [2.05, 4.69) is 27.7 Å². The van der Waals surface area contributed by atoms with E-state index in [1.807, 2.05) is 13.8 Å². The summed E-state index contributed by atoms with van der Waals surface area (Å²) in [7, 11) is 0. The van der Waals surface area contributed by atoms with Crippen LogP contribution in [0.5, 0.6) is 0 Å². The molecule has 0 aliphatic heterocycles. The quantitative estimate of drug-likeness (QED) is 0.448. The molecule has 0 amide bonds. The molecule has 0 heterocycles. The summed E-state index contributed by atoms with van der Waals surface area (Å²) in [6, 6.07) is 0. The van der Waals surface area contributed by atoms with Gasteiger partial charge in [-0.05, 0) is 66.6 Å². The van der Waals surface area contributed by atoms with Crippen LogP contribution in [0.15, 0.2) is 0 Å². The summed E-state index contributed by atoms with van der Waals surface area (Å²) in [6.45, 7) is 13.3. The van der Waals surface area contributed by atoms with Crippen LogP contribution in [0.3, 0.4) is 0 Å². The van der Waals surface area contributed by atoms with Gasteiger partial charge in [0.25, 0.3) is 0 Å². The molecule has 4 fully saturated rings. The minimum absolute atomic E-state index is 0.100. The first-order chi connectivity index (χ1) is 10.0. The molecule has 0 nitrogen and oxygen atoms in total. The van der Waals surface area contributed by atoms with Gasteiger partial charge < -0.3 is 0 Å². The van der Waals surface area contributed by atoms with Crippen LogP contribution in [0.4, 0.5) is 8.78 Å². The first-order valence-corrected chi connectivity index (χ1v) is 9.41. The number of hydrogen-bond acceptors (Lipinski definition) is 0. The third kappa shape index (κ3) is 3.67. The van der Waals surface area contributed by atoms with E-state index in [9.17, 15) is 8.78 Å². The van der Waals surface area contributed by atoms with Gasteiger partial charge in [-0.15, -0.1) is 0 Å². The maximum Gasteiger partial charge on any atom is 0.249 e. The summed E-state index contributed by atoms with van der Waals surface area (Å²) >= 11 is 0. The molecule has 0 aromatic carbocycles. The Morgan fingerprint density at radius 2 is 1.00 bits per heavy atom. The lowest BCUT2D eigenvalue weighted by Crippen LogP contribution is -2.52. The SMILES string of the molecule is CC.CC1CC2(C1)CC(C)(C)C2.CC1CC2(C1)CC(F)(F)C2. The fourth-order valence-corrected chi connectivity index (χ4v) is 6.44. The van der Waals surface area contributed by atoms with Gasteiger partial charge >= 0.3 is 0 Å². The first kappa shape index (κ1) is 18.2. The van der Waals surface area contributed by atoms with Crippen LogP contribution in [-0.4, -0.2) is 5.92 Å². The molecule has 22 heavy (non-hydrogen) atoms. The maximum absolute atomic E-state index is 12.4. The van der Waals surface area contributed by atoms with Crippen LogP contribution in [0, 0.1) is 28.1 Å². The monoisotopic (exact) mass is 314 g/mol. The summed E-state index contributed by atoms with van der Waals surface area (Å²) in [5.74, 6) is -0.563. The van der Waals surface area contributed by atoms with Crippen molar-refractivity contribution < 1.29 is 8.78 Å². The van der Waals surface area contributed by atoms with E-state index < -0.39 is 5.92 Å². The molecule has 0 aromatic rings. The minimum Gasteiger partial charge on any atom is -0.207 e. The zero-order valence-electron chi connectivity index (χ0n) is 15.6. The fourth-order valence-electron chi connectivity index (χ4n) is 6.44. The summed E-state index contributed by atoms with van der Waals surface area (Å²) in [5.41, 5.74) is 1.64. The average molecular weight is 315 g/mol. The predicted octanol–water partition coefficient (Wildman–Crippen LogP) is 7.08. The standard InChI is InChI=1S/C10H18.C8H12F2.C2H6/c1-8-4-10(5-8)6-9(2,3)7-10;1-6-2-7(3-6)4-8(9,10)5-7;1-2/h8H,4-7H2,1-3H3;6H,2-5H2,1H3;1-2H3. The highest BCUT2D eigenvalue weighted by molar-refractivity contribution is 5.06. The molecule has 0 unspecified atom stereocenters. The van der Waals surface area contributed by atoms with Crippen molar-refractivity contribution >= 4 is 0 Å². The molecule has 4 aliphatic carbocycles. The van der Waals surface area contributed by atoms with Crippen molar-refractivity contribution in [2.45, 2.75) is 98.8 Å². The zero-order valence-corrected chi connectivity index (χ0v) is 15.6. The molecule has 4 aliphatic rings. The van der Waals surface area contributed by atoms with E-state index in [4.69, 9.17) is 0 Å². The van der Waals surface area contributed by atoms with Crippen LogP contribution >= 0.6 is 0 Å². The number of alkyl halides is 2. The van der Waals surface area contributed by atoms with Gasteiger partial charge in [0, 0.05) is 12.8 Å². The van der Waals surface area contributed by atoms with Gasteiger partial charge in [-0.1, -0.05) is 41.5 Å². The second-order valence-corrected chi connectivity index (χ2v) is 9.75. The van der Waals surface area contributed by atoms with E-state index in [0.29, 0.717) is 11.3 Å². The molecule has 0 radical (unpaired) electrons. The van der Waals surface area contributed by atoms with E-state index >= 15 is 0 Å². The Morgan fingerprint density at radius 1 is 0.682 bits per heavy atom. The highest BCUT2D eigenvalue weighted by Crippen LogP contribution is 2.66. The van der Waals surface area contributed by atoms with E-state index in [0.717, 1.165) is 24.2 Å². The molecule has 4 saturated carbocycles. The zero-order chi connectivity index (χ0) is 16.8. The second-order valence-electron chi connectivity index (χ2n) is 9.75. The first-order valence-electron chi connectivity index (χ1n) is 9.41. The van der Waals surface area contributed by atoms with Crippen LogP contribution < -0.4 is 0 Å². The van der Waals surface area contributed by atoms with Gasteiger partial charge in [0.05, 0.1) is 0 Å². The highest BCUT2D eigenvalue weighted by Gasteiger charge is 2.60. The lowest BCUT2D eigenvalue weighted by molar-refractivity contribution is -0.204. The van der Waals surface area contributed by atoms with Gasteiger partial charge in [-0.3, -0.25) is 0 Å². The minimum atomic E-state index is -2.31. The Balaban J connectivity index is 0.000000144. The smallest absolute Gasteiger partial charge is 0.207 e. The summed E-state index contributed by atoms with van der Waals surface area (Å²) in [6.07, 6.45) is 8.49. The average Bonchev–Trinajstić information content (AvgIpc) is 2.24. The van der Waals surface area contributed by atoms with Crippen LogP contribution in [0.25, 0.3) is 0 Å². The van der Waals surface area contributed by atoms with E-state index in [1.54, 1.807) is 0 Å². The molecule has 0 N–H and O–H groups in total. The summed E-state index contributed by atoms with van der Waals surface area (Å²) in [5, 5.41) is 0. The molecular weight excluding hydrogens is 278 g/mol. The van der Waals surface area contributed by atoms with Crippen molar-refractivity contribution in [1.29, 1.82) is 0 Å². The van der Waals surface area contributed by atoms with Crippen LogP contribution in [0.2, 0.25) is 0 Å². The van der Waals surface area contributed by atoms with E-state index in [-0.39, 0.29) is 18.3 Å². The Morgan fingerprint density at radius 3 is 1.23 bits per heavy atom. The van der Waals surface area contributed by atoms with Gasteiger partial charge in [-0.2, -0.15) is 0 Å². The van der Waals surface area contributed by atoms with Gasteiger partial charge in [-0.25, -0.2) is 8.78 Å². The normalized spacial score (nSPS) is 32.2. The Bertz CT molecular complexity index is 327. The van der Waals surface area contributed by atoms with Crippen molar-refractivity contribution in [3.05, 3.63) is 0 Å². The van der Waals surface area contributed by atoms with Crippen molar-refractivity contribution in [1.82, 2.24) is 0 Å². The molecule has 130 valence electrons. The summed E-state index contributed by atoms with van der Waals surface area (Å²) in [4.78, 5) is 0. The number of rotatable bonds is 0. The third-order valence-electron chi connectivity index (χ3n) is 6.10. The number of halogens is 2. The molecule has 2 spiro atoms. The van der Waals surface area contributed by atoms with Crippen molar-refractivity contribution in [2.75, 3.05) is 0 Å². The molecule has 4 rings (SSSR count). The summed E-state index contributed by atoms with van der Waals surface area (Å²) < 4.78 is 24.8. The lowest BCUT2D eigenvalue weighted by atomic mass is 9.44. The Hall–Kier alpha value is -0.140. The highest BCUT2D eigenvalue weighted by atomic mass is 19.3. The van der Waals surface area contributed by atoms with Crippen molar-refractivity contribution in [3.8, 4) is 0 Å². The van der Waals surface area contributed by atoms with Crippen molar-refractivity contribution in [2.24, 2.45) is 28.1 Å². The maximum atomic E-state index is 12.4. The second kappa shape index (κ2) is 5.74. The van der Waals surface area contributed by atoms with Gasteiger partial charge in [0.2, 0.25) is 5.92 Å². The van der Waals surface area contributed by atoms with Crippen LogP contribution in [-0.2, 0) is 0 Å². The Kier molecular flexibility index (Phi) is 4.75. The molecule has 0 aromatic heterocycles. The fraction of sp³-hybridized carbons (Fsp3) is 1.00. The molecule has 0 saturated heterocycles. The topological polar surface area (TPSA) is 0 Å². The predicted molar refractivity (Wildman–Crippen MR) is 90.2 cm³/mol. The van der Waals surface area contributed by atoms with Gasteiger partial charge in [0.1, 0.15) is 0 Å². The lowest BCUT2D eigenvalue weighted by Gasteiger charge is -2.61. The largest absolute Gasteiger partial charge is 0.249 e. The number of hydrogen-bond donors (Lipinski definition) is 0.